The minimum atomic E-state index is 0.0865. The molecular formula is C14H18N4O. The number of anilines is 2. The first kappa shape index (κ1) is 12.2. The molecule has 0 radical (unpaired) electrons. The number of aliphatic hydroxyl groups excluding tert-OH is 1. The van der Waals surface area contributed by atoms with Gasteiger partial charge in [-0.3, -0.25) is 0 Å². The molecule has 0 spiro atoms. The lowest BCUT2D eigenvalue weighted by atomic mass is 9.84. The molecule has 0 saturated carbocycles. The molecule has 100 valence electrons. The average molecular weight is 258 g/mol. The molecule has 1 unspecified atom stereocenters. The highest BCUT2D eigenvalue weighted by atomic mass is 16.3. The molecule has 4 N–H and O–H groups in total. The van der Waals surface area contributed by atoms with Gasteiger partial charge in [0.25, 0.3) is 0 Å². The lowest BCUT2D eigenvalue weighted by molar-refractivity contribution is 0.248. The van der Waals surface area contributed by atoms with Crippen molar-refractivity contribution < 1.29 is 5.11 Å². The van der Waals surface area contributed by atoms with E-state index in [2.05, 4.69) is 28.3 Å². The number of nitrogen functional groups attached to an aromatic ring is 1. The van der Waals surface area contributed by atoms with Crippen molar-refractivity contribution in [3.05, 3.63) is 23.8 Å². The zero-order chi connectivity index (χ0) is 13.4. The second-order valence-corrected chi connectivity index (χ2v) is 5.00. The number of benzene rings is 1. The van der Waals surface area contributed by atoms with E-state index in [1.165, 1.54) is 0 Å². The molecule has 2 heterocycles. The Morgan fingerprint density at radius 3 is 2.95 bits per heavy atom. The van der Waals surface area contributed by atoms with E-state index in [9.17, 15) is 5.11 Å². The first-order valence-electron chi connectivity index (χ1n) is 6.68. The summed E-state index contributed by atoms with van der Waals surface area (Å²) in [5.41, 5.74) is 7.70. The molecule has 1 aromatic heterocycles. The Kier molecular flexibility index (Phi) is 2.98. The molecular weight excluding hydrogens is 240 g/mol. The first-order valence-corrected chi connectivity index (χ1v) is 6.68. The highest BCUT2D eigenvalue weighted by Crippen LogP contribution is 2.38. The van der Waals surface area contributed by atoms with Crippen molar-refractivity contribution in [3.63, 3.8) is 0 Å². The first-order chi connectivity index (χ1) is 9.24. The molecule has 0 amide bonds. The fourth-order valence-corrected chi connectivity index (χ4v) is 2.94. The molecule has 0 bridgehead atoms. The van der Waals surface area contributed by atoms with Crippen LogP contribution in [-0.4, -0.2) is 27.7 Å². The Balaban J connectivity index is 2.21. The van der Waals surface area contributed by atoms with Crippen LogP contribution in [0.5, 0.6) is 0 Å². The van der Waals surface area contributed by atoms with Crippen molar-refractivity contribution in [3.8, 4) is 0 Å². The molecule has 2 atom stereocenters. The monoisotopic (exact) mass is 258 g/mol. The molecule has 0 fully saturated rings. The number of hydrogen-bond donors (Lipinski definition) is 3. The van der Waals surface area contributed by atoms with Gasteiger partial charge in [-0.05, 0) is 18.1 Å². The maximum absolute atomic E-state index is 9.71. The quantitative estimate of drug-likeness (QED) is 0.783. The van der Waals surface area contributed by atoms with Gasteiger partial charge in [-0.2, -0.15) is 4.98 Å². The zero-order valence-corrected chi connectivity index (χ0v) is 10.9. The molecule has 2 aromatic rings. The summed E-state index contributed by atoms with van der Waals surface area (Å²) < 4.78 is 0. The lowest BCUT2D eigenvalue weighted by Gasteiger charge is -2.33. The van der Waals surface area contributed by atoms with Crippen molar-refractivity contribution in [1.82, 2.24) is 9.97 Å². The molecule has 1 aliphatic heterocycles. The second-order valence-electron chi connectivity index (χ2n) is 5.00. The number of nitrogens with one attached hydrogen (secondary N) is 1. The van der Waals surface area contributed by atoms with Crippen LogP contribution < -0.4 is 11.1 Å². The molecule has 5 heteroatoms. The van der Waals surface area contributed by atoms with Gasteiger partial charge in [0.05, 0.1) is 12.1 Å². The van der Waals surface area contributed by atoms with E-state index in [0.717, 1.165) is 35.1 Å². The normalized spacial score (nSPS) is 21.4. The van der Waals surface area contributed by atoms with Gasteiger partial charge >= 0.3 is 0 Å². The van der Waals surface area contributed by atoms with Crippen LogP contribution in [0.1, 0.15) is 31.2 Å². The standard InChI is InChI=1S/C14H18N4O/c1-2-4-10-9(7-19)8-5-3-6-11-12(8)13(16-10)18-14(15)17-11/h3,5-6,9-10,19H,2,4,7H2,1H3,(H3,15,16,17,18)/t9?,10-/m0/s1. The summed E-state index contributed by atoms with van der Waals surface area (Å²) in [5, 5.41) is 14.1. The van der Waals surface area contributed by atoms with Crippen LogP contribution in [0.15, 0.2) is 18.2 Å². The molecule has 1 aliphatic rings. The summed E-state index contributed by atoms with van der Waals surface area (Å²) in [4.78, 5) is 8.57. The second kappa shape index (κ2) is 4.66. The van der Waals surface area contributed by atoms with Gasteiger partial charge in [0.2, 0.25) is 5.95 Å². The Labute approximate surface area is 111 Å². The largest absolute Gasteiger partial charge is 0.396 e. The Hall–Kier alpha value is -1.88. The molecule has 19 heavy (non-hydrogen) atoms. The van der Waals surface area contributed by atoms with E-state index in [0.29, 0.717) is 0 Å². The number of nitrogens with zero attached hydrogens (tertiary/aromatic N) is 2. The smallest absolute Gasteiger partial charge is 0.222 e. The van der Waals surface area contributed by atoms with E-state index in [1.807, 2.05) is 12.1 Å². The van der Waals surface area contributed by atoms with Crippen molar-refractivity contribution in [2.45, 2.75) is 31.7 Å². The molecule has 5 nitrogen and oxygen atoms in total. The Morgan fingerprint density at radius 2 is 2.21 bits per heavy atom. The topological polar surface area (TPSA) is 84.1 Å². The number of hydrogen-bond acceptors (Lipinski definition) is 5. The SMILES string of the molecule is CCC[C@@H]1Nc2nc(N)nc3cccc(c23)C1CO. The highest BCUT2D eigenvalue weighted by Gasteiger charge is 2.30. The summed E-state index contributed by atoms with van der Waals surface area (Å²) in [6.45, 7) is 2.27. The van der Waals surface area contributed by atoms with E-state index in [-0.39, 0.29) is 24.5 Å². The molecule has 1 aromatic carbocycles. The van der Waals surface area contributed by atoms with E-state index >= 15 is 0 Å². The summed E-state index contributed by atoms with van der Waals surface area (Å²) in [6.07, 6.45) is 2.05. The van der Waals surface area contributed by atoms with Crippen LogP contribution in [0, 0.1) is 0 Å². The van der Waals surface area contributed by atoms with E-state index in [1.54, 1.807) is 0 Å². The van der Waals surface area contributed by atoms with Gasteiger partial charge in [0.15, 0.2) is 0 Å². The van der Waals surface area contributed by atoms with Crippen LogP contribution in [0.3, 0.4) is 0 Å². The van der Waals surface area contributed by atoms with Gasteiger partial charge < -0.3 is 16.2 Å². The maximum atomic E-state index is 9.71. The third-order valence-corrected chi connectivity index (χ3v) is 3.78. The average Bonchev–Trinajstić information content (AvgIpc) is 2.39. The predicted molar refractivity (Wildman–Crippen MR) is 76.1 cm³/mol. The number of nitrogens with two attached hydrogens (primary N) is 1. The van der Waals surface area contributed by atoms with Crippen LogP contribution in [0.4, 0.5) is 11.8 Å². The van der Waals surface area contributed by atoms with Crippen LogP contribution in [0.2, 0.25) is 0 Å². The van der Waals surface area contributed by atoms with Gasteiger partial charge in [-0.1, -0.05) is 25.5 Å². The Bertz CT molecular complexity index is 614. The van der Waals surface area contributed by atoms with Crippen LogP contribution in [-0.2, 0) is 0 Å². The molecule has 3 rings (SSSR count). The fourth-order valence-electron chi connectivity index (χ4n) is 2.94. The molecule has 0 aliphatic carbocycles. The van der Waals surface area contributed by atoms with Crippen molar-refractivity contribution >= 4 is 22.7 Å². The van der Waals surface area contributed by atoms with Crippen molar-refractivity contribution in [2.75, 3.05) is 17.7 Å². The predicted octanol–water partition coefficient (Wildman–Crippen LogP) is 1.88. The minimum absolute atomic E-state index is 0.0865. The van der Waals surface area contributed by atoms with Crippen LogP contribution >= 0.6 is 0 Å². The van der Waals surface area contributed by atoms with Gasteiger partial charge in [-0.25, -0.2) is 4.98 Å². The maximum Gasteiger partial charge on any atom is 0.222 e. The number of aromatic nitrogens is 2. The zero-order valence-electron chi connectivity index (χ0n) is 10.9. The van der Waals surface area contributed by atoms with Gasteiger partial charge in [0, 0.05) is 17.3 Å². The summed E-state index contributed by atoms with van der Waals surface area (Å²) in [6, 6.07) is 6.14. The highest BCUT2D eigenvalue weighted by molar-refractivity contribution is 5.94. The third-order valence-electron chi connectivity index (χ3n) is 3.78. The molecule has 0 saturated heterocycles. The van der Waals surface area contributed by atoms with Crippen LogP contribution in [0.25, 0.3) is 10.9 Å². The Morgan fingerprint density at radius 1 is 1.37 bits per heavy atom. The number of aliphatic hydroxyl groups is 1. The van der Waals surface area contributed by atoms with E-state index in [4.69, 9.17) is 5.73 Å². The minimum Gasteiger partial charge on any atom is -0.396 e. The summed E-state index contributed by atoms with van der Waals surface area (Å²) in [5.74, 6) is 1.16. The van der Waals surface area contributed by atoms with E-state index < -0.39 is 0 Å². The number of rotatable bonds is 3. The fraction of sp³-hybridized carbons (Fsp3) is 0.429. The van der Waals surface area contributed by atoms with Gasteiger partial charge in [0.1, 0.15) is 5.82 Å². The third kappa shape index (κ3) is 1.90. The van der Waals surface area contributed by atoms with Gasteiger partial charge in [-0.15, -0.1) is 0 Å². The summed E-state index contributed by atoms with van der Waals surface area (Å²) >= 11 is 0. The van der Waals surface area contributed by atoms with Crippen molar-refractivity contribution in [1.29, 1.82) is 0 Å². The summed E-state index contributed by atoms with van der Waals surface area (Å²) in [7, 11) is 0. The lowest BCUT2D eigenvalue weighted by Crippen LogP contribution is -2.33. The van der Waals surface area contributed by atoms with Crippen molar-refractivity contribution in [2.24, 2.45) is 0 Å².